The van der Waals surface area contributed by atoms with Crippen LogP contribution in [-0.2, 0) is 20.1 Å². The molecular formula is C16H20ClN5O2. The van der Waals surface area contributed by atoms with Gasteiger partial charge in [0.1, 0.15) is 16.7 Å². The van der Waals surface area contributed by atoms with Gasteiger partial charge < -0.3 is 14.8 Å². The summed E-state index contributed by atoms with van der Waals surface area (Å²) >= 11 is 6.27. The zero-order chi connectivity index (χ0) is 17.3. The van der Waals surface area contributed by atoms with E-state index in [0.717, 1.165) is 34.1 Å². The largest absolute Gasteiger partial charge is 0.469 e. The first-order valence-corrected chi connectivity index (χ1v) is 8.04. The predicted octanol–water partition coefficient (Wildman–Crippen LogP) is 2.75. The second kappa shape index (κ2) is 6.70. The molecule has 0 aliphatic carbocycles. The lowest BCUT2D eigenvalue weighted by molar-refractivity contribution is 0.270. The molecule has 3 aromatic heterocycles. The van der Waals surface area contributed by atoms with Crippen LogP contribution in [0.4, 0.5) is 5.82 Å². The predicted molar refractivity (Wildman–Crippen MR) is 92.0 cm³/mol. The van der Waals surface area contributed by atoms with E-state index in [0.29, 0.717) is 18.2 Å². The van der Waals surface area contributed by atoms with Crippen LogP contribution >= 0.6 is 11.6 Å². The van der Waals surface area contributed by atoms with Crippen molar-refractivity contribution < 1.29 is 9.52 Å². The number of nitrogens with one attached hydrogen (secondary N) is 1. The van der Waals surface area contributed by atoms with Crippen LogP contribution in [-0.4, -0.2) is 31.3 Å². The third kappa shape index (κ3) is 3.05. The van der Waals surface area contributed by atoms with Gasteiger partial charge >= 0.3 is 0 Å². The molecule has 0 radical (unpaired) electrons. The fraction of sp³-hybridized carbons (Fsp3) is 0.375. The van der Waals surface area contributed by atoms with Gasteiger partial charge in [0.25, 0.3) is 0 Å². The summed E-state index contributed by atoms with van der Waals surface area (Å²) in [5.41, 5.74) is 3.56. The number of hydrogen-bond donors (Lipinski definition) is 2. The van der Waals surface area contributed by atoms with E-state index in [-0.39, 0.29) is 6.61 Å². The number of aromatic nitrogens is 4. The summed E-state index contributed by atoms with van der Waals surface area (Å²) in [7, 11) is 1.81. The molecule has 2 N–H and O–H groups in total. The van der Waals surface area contributed by atoms with Gasteiger partial charge in [-0.25, -0.2) is 4.68 Å². The standard InChI is InChI=1S/C16H20ClN5O2/c1-10-13(16(17)21(3)19-10)9-18-15-8-14(20-22(15)5-6-23)12-4-7-24-11(12)2/h4,7-8,18,23H,5-6,9H2,1-3H3. The normalized spacial score (nSPS) is 11.2. The Morgan fingerprint density at radius 1 is 1.33 bits per heavy atom. The summed E-state index contributed by atoms with van der Waals surface area (Å²) in [5.74, 6) is 1.61. The Balaban J connectivity index is 1.86. The second-order valence-corrected chi connectivity index (χ2v) is 5.94. The van der Waals surface area contributed by atoms with Gasteiger partial charge in [-0.1, -0.05) is 11.6 Å². The van der Waals surface area contributed by atoms with E-state index in [9.17, 15) is 5.11 Å². The highest BCUT2D eigenvalue weighted by molar-refractivity contribution is 6.30. The van der Waals surface area contributed by atoms with Crippen molar-refractivity contribution >= 4 is 17.4 Å². The zero-order valence-corrected chi connectivity index (χ0v) is 14.6. The zero-order valence-electron chi connectivity index (χ0n) is 13.9. The summed E-state index contributed by atoms with van der Waals surface area (Å²) in [6.07, 6.45) is 1.64. The van der Waals surface area contributed by atoms with E-state index in [1.54, 1.807) is 15.6 Å². The van der Waals surface area contributed by atoms with Crippen LogP contribution in [0.1, 0.15) is 17.0 Å². The molecule has 0 aliphatic rings. The Bertz CT molecular complexity index is 849. The van der Waals surface area contributed by atoms with Crippen molar-refractivity contribution in [3.8, 4) is 11.3 Å². The molecule has 0 saturated carbocycles. The van der Waals surface area contributed by atoms with Crippen LogP contribution in [0, 0.1) is 13.8 Å². The van der Waals surface area contributed by atoms with E-state index >= 15 is 0 Å². The van der Waals surface area contributed by atoms with Gasteiger partial charge in [0.05, 0.1) is 30.8 Å². The van der Waals surface area contributed by atoms with Crippen molar-refractivity contribution in [2.24, 2.45) is 7.05 Å². The molecule has 8 heteroatoms. The maximum Gasteiger partial charge on any atom is 0.131 e. The third-order valence-electron chi connectivity index (χ3n) is 3.94. The lowest BCUT2D eigenvalue weighted by Crippen LogP contribution is -2.10. The van der Waals surface area contributed by atoms with Crippen LogP contribution in [0.2, 0.25) is 5.15 Å². The summed E-state index contributed by atoms with van der Waals surface area (Å²) in [4.78, 5) is 0. The van der Waals surface area contributed by atoms with E-state index in [1.807, 2.05) is 33.0 Å². The van der Waals surface area contributed by atoms with Crippen LogP contribution < -0.4 is 5.32 Å². The minimum Gasteiger partial charge on any atom is -0.469 e. The molecule has 0 atom stereocenters. The molecule has 3 rings (SSSR count). The molecule has 0 saturated heterocycles. The van der Waals surface area contributed by atoms with Crippen LogP contribution in [0.15, 0.2) is 22.8 Å². The molecule has 0 fully saturated rings. The fourth-order valence-corrected chi connectivity index (χ4v) is 2.90. The number of nitrogens with zero attached hydrogens (tertiary/aromatic N) is 4. The van der Waals surface area contributed by atoms with Crippen LogP contribution in [0.25, 0.3) is 11.3 Å². The second-order valence-electron chi connectivity index (χ2n) is 5.58. The first kappa shape index (κ1) is 16.6. The molecule has 0 spiro atoms. The van der Waals surface area contributed by atoms with E-state index in [1.165, 1.54) is 0 Å². The van der Waals surface area contributed by atoms with Crippen molar-refractivity contribution in [1.29, 1.82) is 0 Å². The molecule has 0 aliphatic heterocycles. The number of halogens is 1. The Kier molecular flexibility index (Phi) is 4.64. The number of rotatable bonds is 6. The smallest absolute Gasteiger partial charge is 0.131 e. The molecule has 3 heterocycles. The minimum absolute atomic E-state index is 0.00679. The maximum atomic E-state index is 9.27. The SMILES string of the molecule is Cc1nn(C)c(Cl)c1CNc1cc(-c2ccoc2C)nn1CCO. The van der Waals surface area contributed by atoms with Crippen molar-refractivity contribution in [3.63, 3.8) is 0 Å². The molecule has 0 aromatic carbocycles. The Morgan fingerprint density at radius 3 is 2.71 bits per heavy atom. The quantitative estimate of drug-likeness (QED) is 0.715. The Labute approximate surface area is 144 Å². The summed E-state index contributed by atoms with van der Waals surface area (Å²) in [5, 5.41) is 22.1. The topological polar surface area (TPSA) is 81.0 Å². The molecule has 0 bridgehead atoms. The van der Waals surface area contributed by atoms with Crippen molar-refractivity contribution in [3.05, 3.63) is 40.6 Å². The monoisotopic (exact) mass is 349 g/mol. The Morgan fingerprint density at radius 2 is 2.12 bits per heavy atom. The van der Waals surface area contributed by atoms with Crippen LogP contribution in [0.5, 0.6) is 0 Å². The number of aryl methyl sites for hydroxylation is 3. The number of furan rings is 1. The van der Waals surface area contributed by atoms with Gasteiger partial charge in [-0.05, 0) is 19.9 Å². The lowest BCUT2D eigenvalue weighted by Gasteiger charge is -2.08. The first-order valence-electron chi connectivity index (χ1n) is 7.66. The lowest BCUT2D eigenvalue weighted by atomic mass is 10.2. The molecular weight excluding hydrogens is 330 g/mol. The molecule has 7 nitrogen and oxygen atoms in total. The van der Waals surface area contributed by atoms with Gasteiger partial charge in [-0.3, -0.25) is 4.68 Å². The van der Waals surface area contributed by atoms with Gasteiger partial charge in [0, 0.05) is 30.8 Å². The average molecular weight is 350 g/mol. The first-order chi connectivity index (χ1) is 11.5. The van der Waals surface area contributed by atoms with E-state index in [2.05, 4.69) is 15.5 Å². The average Bonchev–Trinajstić information content (AvgIpc) is 3.19. The molecule has 0 amide bonds. The maximum absolute atomic E-state index is 9.27. The molecule has 0 unspecified atom stereocenters. The highest BCUT2D eigenvalue weighted by Gasteiger charge is 2.15. The van der Waals surface area contributed by atoms with Crippen molar-refractivity contribution in [2.75, 3.05) is 11.9 Å². The van der Waals surface area contributed by atoms with Gasteiger partial charge in [-0.15, -0.1) is 0 Å². The number of anilines is 1. The molecule has 128 valence electrons. The Hall–Kier alpha value is -2.25. The summed E-state index contributed by atoms with van der Waals surface area (Å²) in [6.45, 7) is 4.76. The number of hydrogen-bond acceptors (Lipinski definition) is 5. The van der Waals surface area contributed by atoms with Crippen molar-refractivity contribution in [2.45, 2.75) is 26.9 Å². The van der Waals surface area contributed by atoms with Gasteiger partial charge in [0.15, 0.2) is 0 Å². The summed E-state index contributed by atoms with van der Waals surface area (Å²) < 4.78 is 8.73. The highest BCUT2D eigenvalue weighted by Crippen LogP contribution is 2.27. The molecule has 3 aromatic rings. The molecule has 24 heavy (non-hydrogen) atoms. The summed E-state index contributed by atoms with van der Waals surface area (Å²) in [6, 6.07) is 3.82. The van der Waals surface area contributed by atoms with Crippen LogP contribution in [0.3, 0.4) is 0 Å². The van der Waals surface area contributed by atoms with E-state index < -0.39 is 0 Å². The van der Waals surface area contributed by atoms with Crippen molar-refractivity contribution in [1.82, 2.24) is 19.6 Å². The highest BCUT2D eigenvalue weighted by atomic mass is 35.5. The van der Waals surface area contributed by atoms with Gasteiger partial charge in [-0.2, -0.15) is 10.2 Å². The number of aliphatic hydroxyl groups excluding tert-OH is 1. The van der Waals surface area contributed by atoms with Gasteiger partial charge in [0.2, 0.25) is 0 Å². The van der Waals surface area contributed by atoms with E-state index in [4.69, 9.17) is 16.0 Å². The fourth-order valence-electron chi connectivity index (χ4n) is 2.66. The minimum atomic E-state index is 0.00679. The number of aliphatic hydroxyl groups is 1. The third-order valence-corrected chi connectivity index (χ3v) is 4.42.